The van der Waals surface area contributed by atoms with Gasteiger partial charge in [-0.2, -0.15) is 0 Å². The Morgan fingerprint density at radius 1 is 0.727 bits per heavy atom. The average molecular weight is 288 g/mol. The molecule has 108 valence electrons. The summed E-state index contributed by atoms with van der Waals surface area (Å²) in [6.07, 6.45) is 0. The maximum atomic E-state index is 12.6. The molecule has 0 fully saturated rings. The number of nitrogens with two attached hydrogens (primary N) is 2. The average Bonchev–Trinajstić information content (AvgIpc) is 2.56. The number of carbonyl (C=O) groups excluding carboxylic acids is 1. The van der Waals surface area contributed by atoms with Crippen molar-refractivity contribution in [3.05, 3.63) is 83.9 Å². The third-order valence-electron chi connectivity index (χ3n) is 3.58. The maximum Gasteiger partial charge on any atom is 0.195 e. The Morgan fingerprint density at radius 3 is 2.09 bits per heavy atom. The van der Waals surface area contributed by atoms with E-state index in [1.54, 1.807) is 30.3 Å². The summed E-state index contributed by atoms with van der Waals surface area (Å²) >= 11 is 0. The SMILES string of the molecule is Nc1ccc(C(=O)c2cc(-c3ccccc3)ccc2N)cc1. The van der Waals surface area contributed by atoms with E-state index in [1.807, 2.05) is 42.5 Å². The fraction of sp³-hybridized carbons (Fsp3) is 0. The zero-order chi connectivity index (χ0) is 15.5. The predicted molar refractivity (Wildman–Crippen MR) is 90.6 cm³/mol. The van der Waals surface area contributed by atoms with Gasteiger partial charge in [0.15, 0.2) is 5.78 Å². The van der Waals surface area contributed by atoms with Gasteiger partial charge in [-0.05, 0) is 47.5 Å². The second kappa shape index (κ2) is 5.74. The third kappa shape index (κ3) is 2.69. The summed E-state index contributed by atoms with van der Waals surface area (Å²) in [5, 5.41) is 0. The van der Waals surface area contributed by atoms with E-state index in [1.165, 1.54) is 0 Å². The first kappa shape index (κ1) is 13.9. The van der Waals surface area contributed by atoms with Crippen LogP contribution in [0, 0.1) is 0 Å². The molecule has 0 aliphatic rings. The van der Waals surface area contributed by atoms with Gasteiger partial charge in [0.05, 0.1) is 0 Å². The van der Waals surface area contributed by atoms with E-state index in [0.29, 0.717) is 22.5 Å². The Hall–Kier alpha value is -3.07. The molecular formula is C19H16N2O. The van der Waals surface area contributed by atoms with Crippen LogP contribution in [0.3, 0.4) is 0 Å². The lowest BCUT2D eigenvalue weighted by atomic mass is 9.96. The molecule has 0 spiro atoms. The van der Waals surface area contributed by atoms with Crippen molar-refractivity contribution in [3.8, 4) is 11.1 Å². The van der Waals surface area contributed by atoms with Gasteiger partial charge < -0.3 is 11.5 Å². The smallest absolute Gasteiger partial charge is 0.195 e. The molecule has 0 heterocycles. The molecule has 0 atom stereocenters. The van der Waals surface area contributed by atoms with Crippen LogP contribution in [-0.4, -0.2) is 5.78 Å². The molecule has 0 bridgehead atoms. The zero-order valence-electron chi connectivity index (χ0n) is 12.0. The van der Waals surface area contributed by atoms with Gasteiger partial charge in [0.1, 0.15) is 0 Å². The highest BCUT2D eigenvalue weighted by atomic mass is 16.1. The molecule has 3 aromatic rings. The van der Waals surface area contributed by atoms with Crippen molar-refractivity contribution in [1.29, 1.82) is 0 Å². The van der Waals surface area contributed by atoms with Gasteiger partial charge in [-0.15, -0.1) is 0 Å². The van der Waals surface area contributed by atoms with Crippen LogP contribution in [0.5, 0.6) is 0 Å². The first-order chi connectivity index (χ1) is 10.6. The van der Waals surface area contributed by atoms with E-state index in [0.717, 1.165) is 11.1 Å². The number of rotatable bonds is 3. The van der Waals surface area contributed by atoms with Gasteiger partial charge in [-0.25, -0.2) is 0 Å². The standard InChI is InChI=1S/C19H16N2O/c20-16-9-6-14(7-10-16)19(22)17-12-15(8-11-18(17)21)13-4-2-1-3-5-13/h1-12H,20-21H2. The molecule has 22 heavy (non-hydrogen) atoms. The van der Waals surface area contributed by atoms with E-state index in [-0.39, 0.29) is 5.78 Å². The molecule has 0 radical (unpaired) electrons. The Kier molecular flexibility index (Phi) is 3.62. The quantitative estimate of drug-likeness (QED) is 0.569. The molecule has 4 N–H and O–H groups in total. The summed E-state index contributed by atoms with van der Waals surface area (Å²) < 4.78 is 0. The van der Waals surface area contributed by atoms with Crippen molar-refractivity contribution < 1.29 is 4.79 Å². The van der Waals surface area contributed by atoms with Crippen molar-refractivity contribution in [2.75, 3.05) is 11.5 Å². The number of ketones is 1. The van der Waals surface area contributed by atoms with Crippen LogP contribution in [-0.2, 0) is 0 Å². The van der Waals surface area contributed by atoms with E-state index < -0.39 is 0 Å². The van der Waals surface area contributed by atoms with Crippen LogP contribution in [0.4, 0.5) is 11.4 Å². The van der Waals surface area contributed by atoms with Gasteiger partial charge in [0, 0.05) is 22.5 Å². The number of hydrogen-bond donors (Lipinski definition) is 2. The first-order valence-electron chi connectivity index (χ1n) is 7.00. The van der Waals surface area contributed by atoms with Crippen LogP contribution >= 0.6 is 0 Å². The summed E-state index contributed by atoms with van der Waals surface area (Å²) in [5.41, 5.74) is 15.8. The summed E-state index contributed by atoms with van der Waals surface area (Å²) in [5.74, 6) is -0.102. The van der Waals surface area contributed by atoms with E-state index in [2.05, 4.69) is 0 Å². The Balaban J connectivity index is 2.03. The molecule has 0 saturated heterocycles. The second-order valence-electron chi connectivity index (χ2n) is 5.12. The number of anilines is 2. The molecule has 3 heteroatoms. The molecule has 3 rings (SSSR count). The number of carbonyl (C=O) groups is 1. The molecule has 0 amide bonds. The largest absolute Gasteiger partial charge is 0.399 e. The third-order valence-corrected chi connectivity index (χ3v) is 3.58. The van der Waals surface area contributed by atoms with Gasteiger partial charge in [-0.1, -0.05) is 36.4 Å². The number of benzene rings is 3. The van der Waals surface area contributed by atoms with Gasteiger partial charge in [0.25, 0.3) is 0 Å². The Labute approximate surface area is 129 Å². The summed E-state index contributed by atoms with van der Waals surface area (Å²) in [4.78, 5) is 12.6. The lowest BCUT2D eigenvalue weighted by Crippen LogP contribution is -2.05. The van der Waals surface area contributed by atoms with Gasteiger partial charge in [-0.3, -0.25) is 4.79 Å². The van der Waals surface area contributed by atoms with Crippen LogP contribution in [0.1, 0.15) is 15.9 Å². The Bertz CT molecular complexity index is 809. The minimum absolute atomic E-state index is 0.102. The summed E-state index contributed by atoms with van der Waals surface area (Å²) in [6, 6.07) is 22.3. The highest BCUT2D eigenvalue weighted by Gasteiger charge is 2.13. The molecule has 3 nitrogen and oxygen atoms in total. The van der Waals surface area contributed by atoms with E-state index >= 15 is 0 Å². The minimum Gasteiger partial charge on any atom is -0.399 e. The van der Waals surface area contributed by atoms with Crippen molar-refractivity contribution in [1.82, 2.24) is 0 Å². The fourth-order valence-corrected chi connectivity index (χ4v) is 2.35. The van der Waals surface area contributed by atoms with Crippen molar-refractivity contribution in [2.45, 2.75) is 0 Å². The Morgan fingerprint density at radius 2 is 1.41 bits per heavy atom. The van der Waals surface area contributed by atoms with Gasteiger partial charge in [0.2, 0.25) is 0 Å². The van der Waals surface area contributed by atoms with Crippen LogP contribution in [0.2, 0.25) is 0 Å². The fourth-order valence-electron chi connectivity index (χ4n) is 2.35. The molecule has 0 aliphatic carbocycles. The van der Waals surface area contributed by atoms with Crippen LogP contribution < -0.4 is 11.5 Å². The molecule has 0 aromatic heterocycles. The highest BCUT2D eigenvalue weighted by molar-refractivity contribution is 6.12. The first-order valence-corrected chi connectivity index (χ1v) is 7.00. The van der Waals surface area contributed by atoms with E-state index in [9.17, 15) is 4.79 Å². The summed E-state index contributed by atoms with van der Waals surface area (Å²) in [6.45, 7) is 0. The molecule has 0 aliphatic heterocycles. The monoisotopic (exact) mass is 288 g/mol. The molecule has 3 aromatic carbocycles. The van der Waals surface area contributed by atoms with E-state index in [4.69, 9.17) is 11.5 Å². The lowest BCUT2D eigenvalue weighted by molar-refractivity contribution is 0.103. The minimum atomic E-state index is -0.102. The highest BCUT2D eigenvalue weighted by Crippen LogP contribution is 2.25. The predicted octanol–water partition coefficient (Wildman–Crippen LogP) is 3.75. The van der Waals surface area contributed by atoms with Crippen molar-refractivity contribution in [2.24, 2.45) is 0 Å². The molecule has 0 unspecified atom stereocenters. The summed E-state index contributed by atoms with van der Waals surface area (Å²) in [7, 11) is 0. The number of nitrogen functional groups attached to an aromatic ring is 2. The van der Waals surface area contributed by atoms with Gasteiger partial charge >= 0.3 is 0 Å². The normalized spacial score (nSPS) is 10.4. The topological polar surface area (TPSA) is 69.1 Å². The van der Waals surface area contributed by atoms with Crippen molar-refractivity contribution in [3.63, 3.8) is 0 Å². The van der Waals surface area contributed by atoms with Crippen molar-refractivity contribution >= 4 is 17.2 Å². The second-order valence-corrected chi connectivity index (χ2v) is 5.12. The van der Waals surface area contributed by atoms with Crippen LogP contribution in [0.25, 0.3) is 11.1 Å². The lowest BCUT2D eigenvalue weighted by Gasteiger charge is -2.09. The molecular weight excluding hydrogens is 272 g/mol. The van der Waals surface area contributed by atoms with Crippen LogP contribution in [0.15, 0.2) is 72.8 Å². The maximum absolute atomic E-state index is 12.6. The molecule has 0 saturated carbocycles. The zero-order valence-corrected chi connectivity index (χ0v) is 12.0. The number of hydrogen-bond acceptors (Lipinski definition) is 3.